The highest BCUT2D eigenvalue weighted by Gasteiger charge is 2.33. The molecule has 1 saturated heterocycles. The largest absolute Gasteiger partial charge is 0.455 e. The van der Waals surface area contributed by atoms with Crippen LogP contribution >= 0.6 is 0 Å². The van der Waals surface area contributed by atoms with Crippen LogP contribution in [-0.4, -0.2) is 28.7 Å². The smallest absolute Gasteiger partial charge is 0.290 e. The molecule has 4 heteroatoms. The van der Waals surface area contributed by atoms with Crippen molar-refractivity contribution < 1.29 is 14.0 Å². The molecule has 0 bridgehead atoms. The molecule has 0 spiro atoms. The first kappa shape index (κ1) is 13.4. The van der Waals surface area contributed by atoms with Crippen LogP contribution in [0.1, 0.15) is 72.6 Å². The van der Waals surface area contributed by atoms with Gasteiger partial charge in [0, 0.05) is 31.0 Å². The third-order valence-electron chi connectivity index (χ3n) is 4.56. The summed E-state index contributed by atoms with van der Waals surface area (Å²) < 4.78 is 5.68. The molecule has 0 aromatic carbocycles. The first-order valence-electron chi connectivity index (χ1n) is 7.56. The number of likely N-dealkylation sites (tertiary alicyclic amines) is 1. The maximum absolute atomic E-state index is 12.7. The number of carbonyl (C=O) groups excluding carboxylic acids is 2. The summed E-state index contributed by atoms with van der Waals surface area (Å²) >= 11 is 0. The maximum atomic E-state index is 12.7. The lowest BCUT2D eigenvalue weighted by Gasteiger charge is -2.38. The summed E-state index contributed by atoms with van der Waals surface area (Å²) in [7, 11) is 0. The number of aryl methyl sites for hydroxylation is 1. The third-order valence-corrected chi connectivity index (χ3v) is 4.56. The molecule has 108 valence electrons. The van der Waals surface area contributed by atoms with Crippen molar-refractivity contribution in [3.8, 4) is 0 Å². The van der Waals surface area contributed by atoms with Crippen LogP contribution in [0.15, 0.2) is 10.5 Å². The van der Waals surface area contributed by atoms with Gasteiger partial charge in [0.05, 0.1) is 5.56 Å². The van der Waals surface area contributed by atoms with Crippen LogP contribution in [-0.2, 0) is 6.42 Å². The number of amides is 1. The highest BCUT2D eigenvalue weighted by Crippen LogP contribution is 2.29. The number of piperidine rings is 1. The van der Waals surface area contributed by atoms with Crippen LogP contribution < -0.4 is 0 Å². The Morgan fingerprint density at radius 2 is 1.90 bits per heavy atom. The van der Waals surface area contributed by atoms with Crippen LogP contribution in [0.25, 0.3) is 0 Å². The average Bonchev–Trinajstić information content (AvgIpc) is 2.84. The molecule has 20 heavy (non-hydrogen) atoms. The fraction of sp³-hybridized carbons (Fsp3) is 0.625. The zero-order chi connectivity index (χ0) is 14.3. The lowest BCUT2D eigenvalue weighted by molar-refractivity contribution is 0.0476. The second-order valence-corrected chi connectivity index (χ2v) is 6.07. The lowest BCUT2D eigenvalue weighted by atomic mass is 9.96. The monoisotopic (exact) mass is 275 g/mol. The SMILES string of the molecule is CC1CCCC(C)N1C(=O)c1cc2c(o1)CCCC2=O. The minimum atomic E-state index is -0.0631. The normalized spacial score (nSPS) is 26.5. The van der Waals surface area contributed by atoms with Crippen LogP contribution in [0.3, 0.4) is 0 Å². The molecule has 1 aliphatic heterocycles. The molecule has 2 unspecified atom stereocenters. The van der Waals surface area contributed by atoms with Gasteiger partial charge in [-0.25, -0.2) is 0 Å². The van der Waals surface area contributed by atoms with Gasteiger partial charge in [0.1, 0.15) is 5.76 Å². The molecule has 0 radical (unpaired) electrons. The molecular weight excluding hydrogens is 254 g/mol. The van der Waals surface area contributed by atoms with Gasteiger partial charge in [-0.05, 0) is 39.5 Å². The standard InChI is InChI=1S/C16H21NO3/c1-10-5-3-6-11(2)17(10)16(19)15-9-12-13(18)7-4-8-14(12)20-15/h9-11H,3-8H2,1-2H3. The summed E-state index contributed by atoms with van der Waals surface area (Å²) in [4.78, 5) is 26.4. The number of furan rings is 1. The Hall–Kier alpha value is -1.58. The third kappa shape index (κ3) is 2.17. The maximum Gasteiger partial charge on any atom is 0.290 e. The Labute approximate surface area is 119 Å². The number of Topliss-reactive ketones (excluding diaryl/α,β-unsaturated/α-hetero) is 1. The van der Waals surface area contributed by atoms with Gasteiger partial charge < -0.3 is 9.32 Å². The van der Waals surface area contributed by atoms with E-state index in [1.54, 1.807) is 6.07 Å². The summed E-state index contributed by atoms with van der Waals surface area (Å²) in [6, 6.07) is 2.14. The molecule has 1 aromatic heterocycles. The fourth-order valence-electron chi connectivity index (χ4n) is 3.45. The van der Waals surface area contributed by atoms with Crippen molar-refractivity contribution >= 4 is 11.7 Å². The van der Waals surface area contributed by atoms with Crippen LogP contribution in [0.4, 0.5) is 0 Å². The highest BCUT2D eigenvalue weighted by molar-refractivity contribution is 6.01. The van der Waals surface area contributed by atoms with Gasteiger partial charge >= 0.3 is 0 Å². The van der Waals surface area contributed by atoms with Gasteiger partial charge in [-0.15, -0.1) is 0 Å². The van der Waals surface area contributed by atoms with Crippen molar-refractivity contribution in [1.82, 2.24) is 4.90 Å². The van der Waals surface area contributed by atoms with E-state index in [9.17, 15) is 9.59 Å². The molecular formula is C16H21NO3. The van der Waals surface area contributed by atoms with Crippen LogP contribution in [0.2, 0.25) is 0 Å². The fourth-order valence-corrected chi connectivity index (χ4v) is 3.45. The molecule has 2 heterocycles. The number of carbonyl (C=O) groups is 2. The second kappa shape index (κ2) is 5.08. The van der Waals surface area contributed by atoms with Crippen molar-refractivity contribution in [2.75, 3.05) is 0 Å². The summed E-state index contributed by atoms with van der Waals surface area (Å²) in [5, 5.41) is 0. The molecule has 0 N–H and O–H groups in total. The topological polar surface area (TPSA) is 50.5 Å². The highest BCUT2D eigenvalue weighted by atomic mass is 16.4. The molecule has 2 atom stereocenters. The van der Waals surface area contributed by atoms with Crippen molar-refractivity contribution in [2.24, 2.45) is 0 Å². The van der Waals surface area contributed by atoms with Gasteiger partial charge in [-0.1, -0.05) is 0 Å². The molecule has 4 nitrogen and oxygen atoms in total. The number of ketones is 1. The zero-order valence-electron chi connectivity index (χ0n) is 12.1. The number of hydrogen-bond acceptors (Lipinski definition) is 3. The summed E-state index contributed by atoms with van der Waals surface area (Å²) in [6.45, 7) is 4.17. The van der Waals surface area contributed by atoms with Gasteiger partial charge in [0.25, 0.3) is 5.91 Å². The molecule has 2 aliphatic rings. The minimum absolute atomic E-state index is 0.0631. The second-order valence-electron chi connectivity index (χ2n) is 6.07. The van der Waals surface area contributed by atoms with Gasteiger partial charge in [0.2, 0.25) is 0 Å². The van der Waals surface area contributed by atoms with E-state index in [1.807, 2.05) is 4.90 Å². The van der Waals surface area contributed by atoms with E-state index in [0.29, 0.717) is 23.5 Å². The summed E-state index contributed by atoms with van der Waals surface area (Å²) in [5.41, 5.74) is 0.622. The molecule has 1 fully saturated rings. The van der Waals surface area contributed by atoms with Crippen LogP contribution in [0, 0.1) is 0 Å². The van der Waals surface area contributed by atoms with E-state index in [4.69, 9.17) is 4.42 Å². The molecule has 1 amide bonds. The first-order chi connectivity index (χ1) is 9.58. The molecule has 0 saturated carbocycles. The van der Waals surface area contributed by atoms with E-state index in [0.717, 1.165) is 25.7 Å². The summed E-state index contributed by atoms with van der Waals surface area (Å²) in [6.07, 6.45) is 5.39. The predicted molar refractivity (Wildman–Crippen MR) is 74.9 cm³/mol. The van der Waals surface area contributed by atoms with E-state index < -0.39 is 0 Å². The van der Waals surface area contributed by atoms with Crippen molar-refractivity contribution in [2.45, 2.75) is 64.5 Å². The quantitative estimate of drug-likeness (QED) is 0.790. The minimum Gasteiger partial charge on any atom is -0.455 e. The molecule has 3 rings (SSSR count). The molecule has 1 aromatic rings. The number of hydrogen-bond donors (Lipinski definition) is 0. The van der Waals surface area contributed by atoms with E-state index >= 15 is 0 Å². The van der Waals surface area contributed by atoms with Gasteiger partial charge in [0.15, 0.2) is 11.5 Å². The lowest BCUT2D eigenvalue weighted by Crippen LogP contribution is -2.47. The Kier molecular flexibility index (Phi) is 3.40. The van der Waals surface area contributed by atoms with E-state index in [1.165, 1.54) is 6.42 Å². The number of rotatable bonds is 1. The Morgan fingerprint density at radius 3 is 2.55 bits per heavy atom. The van der Waals surface area contributed by atoms with Gasteiger partial charge in [-0.2, -0.15) is 0 Å². The molecule has 1 aliphatic carbocycles. The number of nitrogens with zero attached hydrogens (tertiary/aromatic N) is 1. The van der Waals surface area contributed by atoms with E-state index in [-0.39, 0.29) is 23.8 Å². The Bertz CT molecular complexity index is 536. The van der Waals surface area contributed by atoms with Gasteiger partial charge in [-0.3, -0.25) is 9.59 Å². The Balaban J connectivity index is 1.89. The Morgan fingerprint density at radius 1 is 1.20 bits per heavy atom. The van der Waals surface area contributed by atoms with Crippen LogP contribution in [0.5, 0.6) is 0 Å². The van der Waals surface area contributed by atoms with Crippen molar-refractivity contribution in [1.29, 1.82) is 0 Å². The average molecular weight is 275 g/mol. The first-order valence-corrected chi connectivity index (χ1v) is 7.56. The number of fused-ring (bicyclic) bond motifs is 1. The van der Waals surface area contributed by atoms with Crippen molar-refractivity contribution in [3.05, 3.63) is 23.2 Å². The predicted octanol–water partition coefficient (Wildman–Crippen LogP) is 3.20. The summed E-state index contributed by atoms with van der Waals surface area (Å²) in [5.74, 6) is 1.08. The zero-order valence-corrected chi connectivity index (χ0v) is 12.1. The van der Waals surface area contributed by atoms with Crippen molar-refractivity contribution in [3.63, 3.8) is 0 Å². The van der Waals surface area contributed by atoms with E-state index in [2.05, 4.69) is 13.8 Å².